The van der Waals surface area contributed by atoms with E-state index < -0.39 is 15.7 Å². The summed E-state index contributed by atoms with van der Waals surface area (Å²) in [6.45, 7) is 3.82. The van der Waals surface area contributed by atoms with E-state index in [4.69, 9.17) is 17.3 Å². The Hall–Kier alpha value is -3.29. The van der Waals surface area contributed by atoms with Crippen molar-refractivity contribution in [3.8, 4) is 0 Å². The summed E-state index contributed by atoms with van der Waals surface area (Å²) in [4.78, 5) is 16.1. The number of H-pyrrole nitrogens is 1. The van der Waals surface area contributed by atoms with Gasteiger partial charge in [-0.25, -0.2) is 8.42 Å². The second kappa shape index (κ2) is 8.33. The Labute approximate surface area is 191 Å². The number of aromatic amines is 1. The molecule has 164 valence electrons. The number of anilines is 1. The number of fused-ring (bicyclic) bond motifs is 1. The number of hydrogen-bond acceptors (Lipinski definition) is 4. The molecule has 4 N–H and O–H groups in total. The number of rotatable bonds is 5. The molecule has 0 radical (unpaired) electrons. The van der Waals surface area contributed by atoms with Crippen molar-refractivity contribution in [2.45, 2.75) is 30.2 Å². The van der Waals surface area contributed by atoms with Crippen LogP contribution in [0.3, 0.4) is 0 Å². The summed E-state index contributed by atoms with van der Waals surface area (Å²) < 4.78 is 27.4. The minimum absolute atomic E-state index is 0.0454. The van der Waals surface area contributed by atoms with Gasteiger partial charge in [-0.3, -0.25) is 4.79 Å². The lowest BCUT2D eigenvalue weighted by molar-refractivity contribution is 0.0943. The van der Waals surface area contributed by atoms with Crippen LogP contribution in [-0.2, 0) is 16.4 Å². The van der Waals surface area contributed by atoms with E-state index in [1.165, 1.54) is 0 Å². The number of para-hydroxylation sites is 1. The number of benzene rings is 3. The van der Waals surface area contributed by atoms with Crippen LogP contribution in [0.15, 0.2) is 70.5 Å². The summed E-state index contributed by atoms with van der Waals surface area (Å²) in [5.74, 6) is -0.552. The largest absolute Gasteiger partial charge is 0.398 e. The Bertz CT molecular complexity index is 1440. The normalized spacial score (nSPS) is 11.6. The number of amides is 1. The maximum atomic E-state index is 13.7. The van der Waals surface area contributed by atoms with Crippen molar-refractivity contribution in [1.82, 2.24) is 10.3 Å². The van der Waals surface area contributed by atoms with Crippen molar-refractivity contribution in [2.75, 3.05) is 5.73 Å². The first-order chi connectivity index (χ1) is 15.2. The van der Waals surface area contributed by atoms with Crippen LogP contribution in [-0.4, -0.2) is 19.3 Å². The molecule has 0 aliphatic rings. The predicted octanol–water partition coefficient (Wildman–Crippen LogP) is 4.78. The Morgan fingerprint density at radius 2 is 1.72 bits per heavy atom. The molecular formula is C24H22ClN3O3S. The van der Waals surface area contributed by atoms with Gasteiger partial charge in [0.2, 0.25) is 9.84 Å². The number of carbonyl (C=O) groups is 1. The van der Waals surface area contributed by atoms with E-state index in [1.807, 2.05) is 26.0 Å². The summed E-state index contributed by atoms with van der Waals surface area (Å²) >= 11 is 6.16. The van der Waals surface area contributed by atoms with Crippen molar-refractivity contribution in [3.63, 3.8) is 0 Å². The molecule has 3 aromatic carbocycles. The number of halogens is 1. The van der Waals surface area contributed by atoms with E-state index in [9.17, 15) is 13.2 Å². The highest BCUT2D eigenvalue weighted by Crippen LogP contribution is 2.34. The average Bonchev–Trinajstić information content (AvgIpc) is 3.11. The van der Waals surface area contributed by atoms with E-state index in [1.54, 1.807) is 48.5 Å². The first kappa shape index (κ1) is 21.9. The Morgan fingerprint density at radius 3 is 2.41 bits per heavy atom. The summed E-state index contributed by atoms with van der Waals surface area (Å²) in [6.07, 6.45) is 0. The Kier molecular flexibility index (Phi) is 5.71. The first-order valence-corrected chi connectivity index (χ1v) is 11.8. The maximum Gasteiger partial charge on any atom is 0.269 e. The average molecular weight is 468 g/mol. The van der Waals surface area contributed by atoms with Crippen LogP contribution < -0.4 is 11.1 Å². The second-order valence-corrected chi connectivity index (χ2v) is 10.1. The third kappa shape index (κ3) is 4.09. The highest BCUT2D eigenvalue weighted by Gasteiger charge is 2.30. The quantitative estimate of drug-likeness (QED) is 0.367. The van der Waals surface area contributed by atoms with E-state index >= 15 is 0 Å². The highest BCUT2D eigenvalue weighted by atomic mass is 35.5. The molecule has 1 amide bonds. The van der Waals surface area contributed by atoms with Crippen LogP contribution in [0.1, 0.15) is 27.2 Å². The summed E-state index contributed by atoms with van der Waals surface area (Å²) in [7, 11) is -4.03. The molecule has 1 heterocycles. The smallest absolute Gasteiger partial charge is 0.269 e. The standard InChI is InChI=1S/C24H22ClN3O3S/c1-14-9-15(2)11-18(10-14)32(30,31)23-19-12-17(25)7-8-21(19)28-22(23)24(29)27-13-16-5-3-4-6-20(16)26/h3-12,28H,13,26H2,1-2H3,(H,27,29). The first-order valence-electron chi connectivity index (χ1n) is 9.93. The number of aryl methyl sites for hydroxylation is 2. The number of carbonyl (C=O) groups excluding carboxylic acids is 1. The van der Waals surface area contributed by atoms with Crippen molar-refractivity contribution in [1.29, 1.82) is 0 Å². The Morgan fingerprint density at radius 1 is 1.03 bits per heavy atom. The van der Waals surface area contributed by atoms with Gasteiger partial charge in [0, 0.05) is 28.2 Å². The number of sulfone groups is 1. The van der Waals surface area contributed by atoms with Gasteiger partial charge in [0.15, 0.2) is 0 Å². The zero-order valence-corrected chi connectivity index (χ0v) is 19.1. The molecule has 4 aromatic rings. The van der Waals surface area contributed by atoms with Crippen molar-refractivity contribution in [3.05, 3.63) is 88.1 Å². The van der Waals surface area contributed by atoms with Crippen molar-refractivity contribution >= 4 is 43.9 Å². The minimum atomic E-state index is -4.03. The van der Waals surface area contributed by atoms with E-state index in [0.29, 0.717) is 21.6 Å². The van der Waals surface area contributed by atoms with Gasteiger partial charge in [-0.1, -0.05) is 35.9 Å². The molecule has 0 fully saturated rings. The molecule has 0 bridgehead atoms. The second-order valence-electron chi connectivity index (χ2n) is 7.73. The van der Waals surface area contributed by atoms with Gasteiger partial charge in [-0.2, -0.15) is 0 Å². The summed E-state index contributed by atoms with van der Waals surface area (Å²) in [6, 6.07) is 17.1. The van der Waals surface area contributed by atoms with E-state index in [0.717, 1.165) is 16.7 Å². The highest BCUT2D eigenvalue weighted by molar-refractivity contribution is 7.91. The zero-order valence-electron chi connectivity index (χ0n) is 17.6. The summed E-state index contributed by atoms with van der Waals surface area (Å²) in [5, 5.41) is 3.51. The number of nitrogens with one attached hydrogen (secondary N) is 2. The molecule has 0 spiro atoms. The van der Waals surface area contributed by atoms with Crippen LogP contribution >= 0.6 is 11.6 Å². The van der Waals surface area contributed by atoms with Crippen LogP contribution in [0, 0.1) is 13.8 Å². The molecule has 4 rings (SSSR count). The fourth-order valence-corrected chi connectivity index (χ4v) is 5.70. The molecule has 32 heavy (non-hydrogen) atoms. The number of aromatic nitrogens is 1. The van der Waals surface area contributed by atoms with Crippen molar-refractivity contribution in [2.24, 2.45) is 0 Å². The van der Waals surface area contributed by atoms with Crippen LogP contribution in [0.5, 0.6) is 0 Å². The SMILES string of the molecule is Cc1cc(C)cc(S(=O)(=O)c2c(C(=O)NCc3ccccc3N)[nH]c3ccc(Cl)cc23)c1. The molecule has 8 heteroatoms. The van der Waals surface area contributed by atoms with Crippen molar-refractivity contribution < 1.29 is 13.2 Å². The molecule has 0 aliphatic heterocycles. The van der Waals surface area contributed by atoms with Gasteiger partial charge in [-0.15, -0.1) is 0 Å². The van der Waals surface area contributed by atoms with Gasteiger partial charge in [-0.05, 0) is 66.9 Å². The number of nitrogens with two attached hydrogens (primary N) is 1. The third-order valence-corrected chi connectivity index (χ3v) is 7.26. The maximum absolute atomic E-state index is 13.7. The lowest BCUT2D eigenvalue weighted by Gasteiger charge is -2.10. The Balaban J connectivity index is 1.84. The van der Waals surface area contributed by atoms with E-state index in [-0.39, 0.29) is 22.0 Å². The minimum Gasteiger partial charge on any atom is -0.398 e. The van der Waals surface area contributed by atoms with Gasteiger partial charge in [0.1, 0.15) is 10.6 Å². The van der Waals surface area contributed by atoms with Crippen LogP contribution in [0.25, 0.3) is 10.9 Å². The van der Waals surface area contributed by atoms with Gasteiger partial charge in [0.25, 0.3) is 5.91 Å². The lowest BCUT2D eigenvalue weighted by Crippen LogP contribution is -2.25. The molecule has 0 atom stereocenters. The molecule has 0 saturated heterocycles. The number of hydrogen-bond donors (Lipinski definition) is 3. The molecular weight excluding hydrogens is 446 g/mol. The van der Waals surface area contributed by atoms with E-state index in [2.05, 4.69) is 10.3 Å². The molecule has 0 unspecified atom stereocenters. The van der Waals surface area contributed by atoms with Crippen LogP contribution in [0.2, 0.25) is 5.02 Å². The van der Waals surface area contributed by atoms with Gasteiger partial charge < -0.3 is 16.0 Å². The molecule has 0 saturated carbocycles. The molecule has 6 nitrogen and oxygen atoms in total. The predicted molar refractivity (Wildman–Crippen MR) is 127 cm³/mol. The number of nitrogen functional groups attached to an aromatic ring is 1. The fraction of sp³-hybridized carbons (Fsp3) is 0.125. The molecule has 1 aromatic heterocycles. The van der Waals surface area contributed by atoms with Gasteiger partial charge >= 0.3 is 0 Å². The van der Waals surface area contributed by atoms with Gasteiger partial charge in [0.05, 0.1) is 4.90 Å². The lowest BCUT2D eigenvalue weighted by atomic mass is 10.2. The zero-order chi connectivity index (χ0) is 23.0. The monoisotopic (exact) mass is 467 g/mol. The fourth-order valence-electron chi connectivity index (χ4n) is 3.74. The summed E-state index contributed by atoms with van der Waals surface area (Å²) in [5.41, 5.74) is 9.31. The van der Waals surface area contributed by atoms with Crippen LogP contribution in [0.4, 0.5) is 5.69 Å². The molecule has 0 aliphatic carbocycles. The third-order valence-electron chi connectivity index (χ3n) is 5.21. The topological polar surface area (TPSA) is 105 Å².